The molecular formula is C10H11N3S. The molecule has 0 aliphatic carbocycles. The van der Waals surface area contributed by atoms with Crippen LogP contribution in [-0.4, -0.2) is 9.97 Å². The molecular weight excluding hydrogens is 194 g/mol. The van der Waals surface area contributed by atoms with E-state index in [1.54, 1.807) is 29.9 Å². The van der Waals surface area contributed by atoms with E-state index in [2.05, 4.69) is 22.2 Å². The second-order valence-electron chi connectivity index (χ2n) is 2.98. The van der Waals surface area contributed by atoms with E-state index in [4.69, 9.17) is 0 Å². The van der Waals surface area contributed by atoms with Crippen molar-refractivity contribution < 1.29 is 0 Å². The minimum Gasteiger partial charge on any atom is -0.355 e. The third kappa shape index (κ3) is 2.09. The topological polar surface area (TPSA) is 37.8 Å². The number of nitrogens with one attached hydrogen (secondary N) is 1. The van der Waals surface area contributed by atoms with Crippen molar-refractivity contribution in [2.24, 2.45) is 0 Å². The molecule has 0 aromatic carbocycles. The highest BCUT2D eigenvalue weighted by Gasteiger charge is 2.05. The lowest BCUT2D eigenvalue weighted by atomic mass is 10.1. The molecule has 0 aliphatic rings. The van der Waals surface area contributed by atoms with Gasteiger partial charge in [-0.3, -0.25) is 4.98 Å². The van der Waals surface area contributed by atoms with Gasteiger partial charge >= 0.3 is 0 Å². The Balaban J connectivity index is 2.07. The van der Waals surface area contributed by atoms with Crippen molar-refractivity contribution in [2.45, 2.75) is 13.0 Å². The number of aromatic nitrogens is 2. The first kappa shape index (κ1) is 9.15. The van der Waals surface area contributed by atoms with E-state index < -0.39 is 0 Å². The molecule has 0 aliphatic heterocycles. The Morgan fingerprint density at radius 3 is 2.71 bits per heavy atom. The fourth-order valence-corrected chi connectivity index (χ4v) is 1.83. The van der Waals surface area contributed by atoms with Crippen LogP contribution in [0.15, 0.2) is 36.1 Å². The van der Waals surface area contributed by atoms with Crippen LogP contribution in [0, 0.1) is 0 Å². The molecule has 0 saturated heterocycles. The second-order valence-corrected chi connectivity index (χ2v) is 3.88. The number of pyridine rings is 1. The maximum absolute atomic E-state index is 4.17. The summed E-state index contributed by atoms with van der Waals surface area (Å²) in [6.07, 6.45) is 5.40. The van der Waals surface area contributed by atoms with Gasteiger partial charge in [0.1, 0.15) is 0 Å². The van der Waals surface area contributed by atoms with Crippen molar-refractivity contribution in [2.75, 3.05) is 5.32 Å². The Bertz CT molecular complexity index is 372. The average molecular weight is 205 g/mol. The van der Waals surface area contributed by atoms with Crippen LogP contribution in [0.2, 0.25) is 0 Å². The zero-order valence-electron chi connectivity index (χ0n) is 7.84. The van der Waals surface area contributed by atoms with Crippen molar-refractivity contribution in [3.8, 4) is 0 Å². The molecule has 4 heteroatoms. The molecule has 1 N–H and O–H groups in total. The maximum atomic E-state index is 4.17. The predicted octanol–water partition coefficient (Wildman–Crippen LogP) is 2.71. The summed E-state index contributed by atoms with van der Waals surface area (Å²) in [5, 5.41) is 6.23. The van der Waals surface area contributed by atoms with Crippen LogP contribution in [0.1, 0.15) is 18.5 Å². The Morgan fingerprint density at radius 1 is 1.29 bits per heavy atom. The summed E-state index contributed by atoms with van der Waals surface area (Å²) in [7, 11) is 0. The quantitative estimate of drug-likeness (QED) is 0.837. The van der Waals surface area contributed by atoms with Gasteiger partial charge in [0.25, 0.3) is 0 Å². The summed E-state index contributed by atoms with van der Waals surface area (Å²) >= 11 is 1.61. The molecule has 0 saturated carbocycles. The van der Waals surface area contributed by atoms with Gasteiger partial charge in [0.2, 0.25) is 0 Å². The number of hydrogen-bond acceptors (Lipinski definition) is 4. The van der Waals surface area contributed by atoms with Crippen molar-refractivity contribution in [1.82, 2.24) is 9.97 Å². The SMILES string of the molecule is CC(Nc1nccs1)c1ccncc1. The summed E-state index contributed by atoms with van der Waals surface area (Å²) < 4.78 is 0. The zero-order chi connectivity index (χ0) is 9.80. The van der Waals surface area contributed by atoms with Crippen LogP contribution >= 0.6 is 11.3 Å². The van der Waals surface area contributed by atoms with E-state index in [0.717, 1.165) is 5.13 Å². The molecule has 1 unspecified atom stereocenters. The van der Waals surface area contributed by atoms with Crippen molar-refractivity contribution in [1.29, 1.82) is 0 Å². The van der Waals surface area contributed by atoms with Gasteiger partial charge in [-0.25, -0.2) is 4.98 Å². The lowest BCUT2D eigenvalue weighted by molar-refractivity contribution is 0.878. The van der Waals surface area contributed by atoms with Gasteiger partial charge in [0.05, 0.1) is 6.04 Å². The van der Waals surface area contributed by atoms with E-state index in [1.807, 2.05) is 17.5 Å². The van der Waals surface area contributed by atoms with Crippen molar-refractivity contribution in [3.63, 3.8) is 0 Å². The first-order valence-electron chi connectivity index (χ1n) is 4.42. The summed E-state index contributed by atoms with van der Waals surface area (Å²) in [4.78, 5) is 8.16. The minimum atomic E-state index is 0.268. The summed E-state index contributed by atoms with van der Waals surface area (Å²) in [5.41, 5.74) is 1.22. The second kappa shape index (κ2) is 4.19. The third-order valence-electron chi connectivity index (χ3n) is 1.98. The average Bonchev–Trinajstić information content (AvgIpc) is 2.72. The fraction of sp³-hybridized carbons (Fsp3) is 0.200. The first-order chi connectivity index (χ1) is 6.86. The Hall–Kier alpha value is -1.42. The molecule has 0 spiro atoms. The molecule has 14 heavy (non-hydrogen) atoms. The highest BCUT2D eigenvalue weighted by atomic mass is 32.1. The van der Waals surface area contributed by atoms with E-state index in [0.29, 0.717) is 0 Å². The molecule has 3 nitrogen and oxygen atoms in total. The molecule has 0 radical (unpaired) electrons. The smallest absolute Gasteiger partial charge is 0.183 e. The lowest BCUT2D eigenvalue weighted by Gasteiger charge is -2.12. The summed E-state index contributed by atoms with van der Waals surface area (Å²) in [5.74, 6) is 0. The highest BCUT2D eigenvalue weighted by Crippen LogP contribution is 2.19. The predicted molar refractivity (Wildman–Crippen MR) is 58.4 cm³/mol. The van der Waals surface area contributed by atoms with Crippen LogP contribution in [0.4, 0.5) is 5.13 Å². The molecule has 72 valence electrons. The maximum Gasteiger partial charge on any atom is 0.183 e. The number of anilines is 1. The van der Waals surface area contributed by atoms with Gasteiger partial charge in [0.15, 0.2) is 5.13 Å². The molecule has 1 atom stereocenters. The van der Waals surface area contributed by atoms with Gasteiger partial charge in [-0.1, -0.05) is 0 Å². The minimum absolute atomic E-state index is 0.268. The molecule has 0 amide bonds. The Labute approximate surface area is 86.8 Å². The zero-order valence-corrected chi connectivity index (χ0v) is 8.66. The standard InChI is InChI=1S/C10H11N3S/c1-8(9-2-4-11-5-3-9)13-10-12-6-7-14-10/h2-8H,1H3,(H,12,13). The van der Waals surface area contributed by atoms with Gasteiger partial charge < -0.3 is 5.32 Å². The third-order valence-corrected chi connectivity index (χ3v) is 2.68. The molecule has 2 rings (SSSR count). The highest BCUT2D eigenvalue weighted by molar-refractivity contribution is 7.13. The molecule has 2 heterocycles. The molecule has 2 aromatic rings. The fourth-order valence-electron chi connectivity index (χ4n) is 1.22. The van der Waals surface area contributed by atoms with E-state index in [-0.39, 0.29) is 6.04 Å². The van der Waals surface area contributed by atoms with Crippen LogP contribution in [-0.2, 0) is 0 Å². The van der Waals surface area contributed by atoms with E-state index in [1.165, 1.54) is 5.56 Å². The number of rotatable bonds is 3. The largest absolute Gasteiger partial charge is 0.355 e. The first-order valence-corrected chi connectivity index (χ1v) is 5.30. The van der Waals surface area contributed by atoms with Crippen LogP contribution in [0.3, 0.4) is 0 Å². The Kier molecular flexibility index (Phi) is 2.74. The van der Waals surface area contributed by atoms with Gasteiger partial charge in [-0.05, 0) is 24.6 Å². The molecule has 0 bridgehead atoms. The monoisotopic (exact) mass is 205 g/mol. The lowest BCUT2D eigenvalue weighted by Crippen LogP contribution is -2.05. The summed E-state index contributed by atoms with van der Waals surface area (Å²) in [6, 6.07) is 4.28. The Morgan fingerprint density at radius 2 is 2.07 bits per heavy atom. The van der Waals surface area contributed by atoms with Gasteiger partial charge in [0, 0.05) is 24.0 Å². The summed E-state index contributed by atoms with van der Waals surface area (Å²) in [6.45, 7) is 2.11. The van der Waals surface area contributed by atoms with Crippen molar-refractivity contribution in [3.05, 3.63) is 41.7 Å². The van der Waals surface area contributed by atoms with Crippen molar-refractivity contribution >= 4 is 16.5 Å². The normalized spacial score (nSPS) is 12.4. The van der Waals surface area contributed by atoms with Crippen LogP contribution in [0.25, 0.3) is 0 Å². The van der Waals surface area contributed by atoms with E-state index in [9.17, 15) is 0 Å². The molecule has 2 aromatic heterocycles. The van der Waals surface area contributed by atoms with Crippen LogP contribution < -0.4 is 5.32 Å². The number of thiazole rings is 1. The molecule has 0 fully saturated rings. The van der Waals surface area contributed by atoms with Gasteiger partial charge in [-0.2, -0.15) is 0 Å². The van der Waals surface area contributed by atoms with E-state index >= 15 is 0 Å². The number of hydrogen-bond donors (Lipinski definition) is 1. The van der Waals surface area contributed by atoms with Gasteiger partial charge in [-0.15, -0.1) is 11.3 Å². The van der Waals surface area contributed by atoms with Crippen LogP contribution in [0.5, 0.6) is 0 Å². The number of nitrogens with zero attached hydrogens (tertiary/aromatic N) is 2.